The second kappa shape index (κ2) is 4.38. The summed E-state index contributed by atoms with van der Waals surface area (Å²) in [5.41, 5.74) is 1.97. The zero-order valence-corrected chi connectivity index (χ0v) is 10.9. The van der Waals surface area contributed by atoms with Crippen molar-refractivity contribution in [3.05, 3.63) is 47.4 Å². The molecule has 2 heterocycles. The van der Waals surface area contributed by atoms with Crippen molar-refractivity contribution in [3.8, 4) is 17.3 Å². The number of halogens is 1. The first-order valence-electron chi connectivity index (χ1n) is 5.67. The maximum absolute atomic E-state index is 9.42. The molecular formula is C14H9ClN4. The molecule has 0 bridgehead atoms. The summed E-state index contributed by atoms with van der Waals surface area (Å²) < 4.78 is 1.68. The Morgan fingerprint density at radius 1 is 1.26 bits per heavy atom. The number of nitrogens with zero attached hydrogens (tertiary/aromatic N) is 4. The summed E-state index contributed by atoms with van der Waals surface area (Å²) in [5, 5.41) is 15.7. The van der Waals surface area contributed by atoms with E-state index in [1.165, 1.54) is 0 Å². The van der Waals surface area contributed by atoms with Crippen LogP contribution in [0.4, 0.5) is 0 Å². The molecule has 4 nitrogen and oxygen atoms in total. The highest BCUT2D eigenvalue weighted by Gasteiger charge is 2.13. The van der Waals surface area contributed by atoms with Gasteiger partial charge in [0.15, 0.2) is 0 Å². The third-order valence-corrected chi connectivity index (χ3v) is 3.30. The summed E-state index contributed by atoms with van der Waals surface area (Å²) in [7, 11) is 1.83. The predicted octanol–water partition coefficient (Wildman–Crippen LogP) is 3.16. The van der Waals surface area contributed by atoms with Gasteiger partial charge in [0, 0.05) is 40.8 Å². The van der Waals surface area contributed by atoms with E-state index in [1.54, 1.807) is 23.1 Å². The monoisotopic (exact) mass is 268 g/mol. The van der Waals surface area contributed by atoms with Gasteiger partial charge in [-0.1, -0.05) is 23.7 Å². The Bertz CT molecular complexity index is 814. The smallest absolute Gasteiger partial charge is 0.102 e. The van der Waals surface area contributed by atoms with Crippen LogP contribution in [0.2, 0.25) is 5.02 Å². The summed E-state index contributed by atoms with van der Waals surface area (Å²) in [6, 6.07) is 7.71. The first-order valence-corrected chi connectivity index (χ1v) is 6.05. The van der Waals surface area contributed by atoms with Gasteiger partial charge in [-0.15, -0.1) is 0 Å². The Morgan fingerprint density at radius 2 is 2.11 bits per heavy atom. The van der Waals surface area contributed by atoms with E-state index in [0.29, 0.717) is 16.3 Å². The Kier molecular flexibility index (Phi) is 2.69. The van der Waals surface area contributed by atoms with Gasteiger partial charge < -0.3 is 0 Å². The quantitative estimate of drug-likeness (QED) is 0.681. The van der Waals surface area contributed by atoms with Crippen LogP contribution in [-0.4, -0.2) is 14.8 Å². The normalized spacial score (nSPS) is 10.6. The molecule has 2 aromatic heterocycles. The van der Waals surface area contributed by atoms with Crippen LogP contribution in [-0.2, 0) is 7.05 Å². The molecule has 3 aromatic rings. The van der Waals surface area contributed by atoms with E-state index < -0.39 is 0 Å². The number of aryl methyl sites for hydroxylation is 1. The molecule has 0 aliphatic rings. The van der Waals surface area contributed by atoms with Crippen molar-refractivity contribution in [2.24, 2.45) is 7.05 Å². The van der Waals surface area contributed by atoms with Crippen molar-refractivity contribution in [3.63, 3.8) is 0 Å². The largest absolute Gasteiger partial charge is 0.275 e. The number of hydrogen-bond acceptors (Lipinski definition) is 3. The molecule has 0 spiro atoms. The first-order chi connectivity index (χ1) is 9.20. The Balaban J connectivity index is 2.36. The molecule has 0 aliphatic carbocycles. The lowest BCUT2D eigenvalue weighted by Crippen LogP contribution is -1.91. The summed E-state index contributed by atoms with van der Waals surface area (Å²) >= 11 is 6.12. The summed E-state index contributed by atoms with van der Waals surface area (Å²) in [6.45, 7) is 0. The summed E-state index contributed by atoms with van der Waals surface area (Å²) in [4.78, 5) is 4.36. The first kappa shape index (κ1) is 11.7. The average Bonchev–Trinajstić information content (AvgIpc) is 2.84. The molecule has 5 heteroatoms. The molecule has 92 valence electrons. The van der Waals surface area contributed by atoms with Crippen molar-refractivity contribution in [2.75, 3.05) is 0 Å². The minimum absolute atomic E-state index is 0.521. The lowest BCUT2D eigenvalue weighted by Gasteiger charge is -2.06. The number of fused-ring (bicyclic) bond motifs is 1. The molecule has 0 amide bonds. The summed E-state index contributed by atoms with van der Waals surface area (Å²) in [6.07, 6.45) is 5.22. The second-order valence-electron chi connectivity index (χ2n) is 4.20. The van der Waals surface area contributed by atoms with Gasteiger partial charge in [0.25, 0.3) is 0 Å². The highest BCUT2D eigenvalue weighted by molar-refractivity contribution is 6.35. The van der Waals surface area contributed by atoms with Crippen LogP contribution in [0, 0.1) is 11.3 Å². The van der Waals surface area contributed by atoms with E-state index in [1.807, 2.05) is 25.4 Å². The molecule has 3 rings (SSSR count). The number of aromatic nitrogens is 3. The van der Waals surface area contributed by atoms with Crippen LogP contribution >= 0.6 is 11.6 Å². The van der Waals surface area contributed by atoms with E-state index in [2.05, 4.69) is 16.2 Å². The molecule has 0 atom stereocenters. The Hall–Kier alpha value is -2.38. The second-order valence-corrected chi connectivity index (χ2v) is 4.60. The fraction of sp³-hybridized carbons (Fsp3) is 0.0714. The lowest BCUT2D eigenvalue weighted by molar-refractivity contribution is 0.768. The predicted molar refractivity (Wildman–Crippen MR) is 73.7 cm³/mol. The van der Waals surface area contributed by atoms with Gasteiger partial charge >= 0.3 is 0 Å². The van der Waals surface area contributed by atoms with Gasteiger partial charge in [0.05, 0.1) is 17.5 Å². The molecule has 0 unspecified atom stereocenters. The molecular weight excluding hydrogens is 260 g/mol. The lowest BCUT2D eigenvalue weighted by atomic mass is 10.0. The number of pyridine rings is 1. The molecule has 0 N–H and O–H groups in total. The van der Waals surface area contributed by atoms with Crippen molar-refractivity contribution in [1.82, 2.24) is 14.8 Å². The van der Waals surface area contributed by atoms with Gasteiger partial charge in [-0.3, -0.25) is 9.67 Å². The molecule has 0 saturated carbocycles. The number of benzene rings is 1. The third-order valence-electron chi connectivity index (χ3n) is 2.97. The maximum atomic E-state index is 9.42. The van der Waals surface area contributed by atoms with Crippen molar-refractivity contribution >= 4 is 22.4 Å². The minimum Gasteiger partial charge on any atom is -0.275 e. The molecule has 0 saturated heterocycles. The summed E-state index contributed by atoms with van der Waals surface area (Å²) in [5.74, 6) is 0. The van der Waals surface area contributed by atoms with Gasteiger partial charge in [-0.25, -0.2) is 0 Å². The molecule has 0 fully saturated rings. The van der Waals surface area contributed by atoms with E-state index in [0.717, 1.165) is 16.3 Å². The third kappa shape index (κ3) is 1.85. The molecule has 0 aliphatic heterocycles. The van der Waals surface area contributed by atoms with Gasteiger partial charge in [0.1, 0.15) is 6.07 Å². The fourth-order valence-electron chi connectivity index (χ4n) is 2.08. The zero-order valence-electron chi connectivity index (χ0n) is 10.1. The van der Waals surface area contributed by atoms with Crippen LogP contribution in [0.5, 0.6) is 0 Å². The van der Waals surface area contributed by atoms with E-state index in [-0.39, 0.29) is 0 Å². The van der Waals surface area contributed by atoms with Gasteiger partial charge in [0.2, 0.25) is 0 Å². The topological polar surface area (TPSA) is 54.5 Å². The minimum atomic E-state index is 0.521. The van der Waals surface area contributed by atoms with Crippen molar-refractivity contribution < 1.29 is 0 Å². The van der Waals surface area contributed by atoms with E-state index >= 15 is 0 Å². The highest BCUT2D eigenvalue weighted by Crippen LogP contribution is 2.30. The van der Waals surface area contributed by atoms with Crippen LogP contribution in [0.15, 0.2) is 36.8 Å². The Labute approximate surface area is 114 Å². The maximum Gasteiger partial charge on any atom is 0.102 e. The number of nitriles is 1. The standard InChI is InChI=1S/C14H9ClN4/c1-19-8-9(6-18-19)14-11(5-16)10-3-2-4-13(15)12(10)7-17-14/h2-4,6-8H,1H3. The SMILES string of the molecule is Cn1cc(-c2ncc3c(Cl)cccc3c2C#N)cn1. The Morgan fingerprint density at radius 3 is 2.79 bits per heavy atom. The van der Waals surface area contributed by atoms with Crippen LogP contribution in [0.25, 0.3) is 22.0 Å². The van der Waals surface area contributed by atoms with Crippen LogP contribution < -0.4 is 0 Å². The van der Waals surface area contributed by atoms with Crippen molar-refractivity contribution in [1.29, 1.82) is 5.26 Å². The van der Waals surface area contributed by atoms with E-state index in [9.17, 15) is 5.26 Å². The fourth-order valence-corrected chi connectivity index (χ4v) is 2.31. The number of hydrogen-bond donors (Lipinski definition) is 0. The zero-order chi connectivity index (χ0) is 13.4. The molecule has 19 heavy (non-hydrogen) atoms. The van der Waals surface area contributed by atoms with Crippen molar-refractivity contribution in [2.45, 2.75) is 0 Å². The van der Waals surface area contributed by atoms with Crippen LogP contribution in [0.1, 0.15) is 5.56 Å². The van der Waals surface area contributed by atoms with E-state index in [4.69, 9.17) is 11.6 Å². The molecule has 0 radical (unpaired) electrons. The average molecular weight is 269 g/mol. The van der Waals surface area contributed by atoms with Gasteiger partial charge in [-0.05, 0) is 6.07 Å². The molecule has 1 aromatic carbocycles. The number of rotatable bonds is 1. The van der Waals surface area contributed by atoms with Crippen LogP contribution in [0.3, 0.4) is 0 Å². The highest BCUT2D eigenvalue weighted by atomic mass is 35.5. The van der Waals surface area contributed by atoms with Gasteiger partial charge in [-0.2, -0.15) is 10.4 Å².